The highest BCUT2D eigenvalue weighted by Crippen LogP contribution is 2.28. The van der Waals surface area contributed by atoms with E-state index < -0.39 is 19.8 Å². The summed E-state index contributed by atoms with van der Waals surface area (Å²) in [4.78, 5) is 16.7. The lowest BCUT2D eigenvalue weighted by atomic mass is 10.00. The maximum atomic E-state index is 13.4. The molecule has 0 bridgehead atoms. The first kappa shape index (κ1) is 30.8. The van der Waals surface area contributed by atoms with Crippen LogP contribution in [0.3, 0.4) is 0 Å². The summed E-state index contributed by atoms with van der Waals surface area (Å²) < 4.78 is 37.6. The van der Waals surface area contributed by atoms with E-state index in [1.54, 1.807) is 20.8 Å². The van der Waals surface area contributed by atoms with E-state index in [0.29, 0.717) is 25.4 Å². The number of carbonyl (C=O) groups excluding carboxylic acids is 1. The van der Waals surface area contributed by atoms with Gasteiger partial charge >= 0.3 is 6.09 Å². The Kier molecular flexibility index (Phi) is 11.1. The van der Waals surface area contributed by atoms with Crippen LogP contribution in [0.4, 0.5) is 9.18 Å². The zero-order valence-electron chi connectivity index (χ0n) is 24.1. The Labute approximate surface area is 232 Å². The van der Waals surface area contributed by atoms with Crippen LogP contribution >= 0.6 is 0 Å². The van der Waals surface area contributed by atoms with E-state index in [0.717, 1.165) is 49.3 Å². The molecule has 0 atom stereocenters. The van der Waals surface area contributed by atoms with Gasteiger partial charge in [-0.15, -0.1) is 0 Å². The molecule has 0 saturated carbocycles. The summed E-state index contributed by atoms with van der Waals surface area (Å²) in [5.74, 6) is 2.39. The molecule has 9 nitrogen and oxygen atoms in total. The van der Waals surface area contributed by atoms with Gasteiger partial charge in [0, 0.05) is 51.5 Å². The SMILES string of the molecule is CC(C)(C)OC(=O)NC/C(=C\F)COc1ccc(-c2nc(C3CCOCC3)nn2COCC[Si](C)(C)C)cc1. The van der Waals surface area contributed by atoms with Gasteiger partial charge in [0.1, 0.15) is 24.7 Å². The van der Waals surface area contributed by atoms with Crippen LogP contribution in [0.15, 0.2) is 36.2 Å². The molecule has 216 valence electrons. The smallest absolute Gasteiger partial charge is 0.407 e. The molecule has 1 amide bonds. The number of benzene rings is 1. The third-order valence-corrected chi connectivity index (χ3v) is 7.74. The van der Waals surface area contributed by atoms with Crippen LogP contribution < -0.4 is 10.1 Å². The molecule has 2 heterocycles. The number of hydrogen-bond acceptors (Lipinski definition) is 7. The number of nitrogens with one attached hydrogen (secondary N) is 1. The maximum absolute atomic E-state index is 13.4. The van der Waals surface area contributed by atoms with Crippen molar-refractivity contribution in [3.05, 3.63) is 42.0 Å². The number of nitrogens with zero attached hydrogens (tertiary/aromatic N) is 3. The summed E-state index contributed by atoms with van der Waals surface area (Å²) in [6, 6.07) is 8.52. The molecule has 11 heteroatoms. The van der Waals surface area contributed by atoms with Gasteiger partial charge in [-0.3, -0.25) is 0 Å². The molecule has 39 heavy (non-hydrogen) atoms. The molecule has 2 aromatic rings. The van der Waals surface area contributed by atoms with Crippen molar-refractivity contribution >= 4 is 14.2 Å². The van der Waals surface area contributed by atoms with Crippen LogP contribution in [-0.4, -0.2) is 67.5 Å². The highest BCUT2D eigenvalue weighted by Gasteiger charge is 2.23. The number of carbonyl (C=O) groups is 1. The van der Waals surface area contributed by atoms with Crippen molar-refractivity contribution in [1.82, 2.24) is 20.1 Å². The first-order chi connectivity index (χ1) is 18.4. The average Bonchev–Trinajstić information content (AvgIpc) is 3.30. The van der Waals surface area contributed by atoms with Crippen molar-refractivity contribution < 1.29 is 28.1 Å². The number of ether oxygens (including phenoxy) is 4. The summed E-state index contributed by atoms with van der Waals surface area (Å²) in [5, 5.41) is 7.34. The molecule has 1 N–H and O–H groups in total. The number of alkyl carbamates (subject to hydrolysis) is 1. The molecule has 1 saturated heterocycles. The van der Waals surface area contributed by atoms with Crippen LogP contribution in [0.5, 0.6) is 5.75 Å². The molecule has 1 aromatic heterocycles. The Morgan fingerprint density at radius 1 is 1.21 bits per heavy atom. The highest BCUT2D eigenvalue weighted by atomic mass is 28.3. The third kappa shape index (κ3) is 10.7. The fourth-order valence-electron chi connectivity index (χ4n) is 3.82. The Morgan fingerprint density at radius 2 is 1.90 bits per heavy atom. The summed E-state index contributed by atoms with van der Waals surface area (Å²) in [7, 11) is -1.19. The van der Waals surface area contributed by atoms with E-state index in [1.807, 2.05) is 28.9 Å². The molecule has 0 unspecified atom stereocenters. The van der Waals surface area contributed by atoms with Crippen molar-refractivity contribution in [2.75, 3.05) is 33.0 Å². The Bertz CT molecular complexity index is 1090. The largest absolute Gasteiger partial charge is 0.489 e. The molecular formula is C28H43FN4O5Si. The Morgan fingerprint density at radius 3 is 2.51 bits per heavy atom. The zero-order valence-corrected chi connectivity index (χ0v) is 25.1. The number of amides is 1. The van der Waals surface area contributed by atoms with Crippen LogP contribution in [-0.2, 0) is 20.9 Å². The molecule has 0 spiro atoms. The van der Waals surface area contributed by atoms with E-state index in [-0.39, 0.29) is 24.6 Å². The fourth-order valence-corrected chi connectivity index (χ4v) is 4.58. The van der Waals surface area contributed by atoms with Gasteiger partial charge < -0.3 is 24.3 Å². The second kappa shape index (κ2) is 14.0. The van der Waals surface area contributed by atoms with Gasteiger partial charge in [0.2, 0.25) is 0 Å². The standard InChI is InChI=1S/C28H43FN4O5Si/c1-28(2,3)38-27(34)30-18-21(17-29)19-37-24-9-7-23(8-10-24)26-31-25(22-11-13-35-14-12-22)32-33(26)20-36-15-16-39(4,5)6/h7-10,17,22H,11-16,18-20H2,1-6H3,(H,30,34)/b21-17+. The minimum Gasteiger partial charge on any atom is -0.489 e. The van der Waals surface area contributed by atoms with Gasteiger partial charge in [-0.1, -0.05) is 19.6 Å². The minimum absolute atomic E-state index is 0.0132. The second-order valence-corrected chi connectivity index (χ2v) is 17.6. The summed E-state index contributed by atoms with van der Waals surface area (Å²) in [6.45, 7) is 14.7. The monoisotopic (exact) mass is 562 g/mol. The predicted octanol–water partition coefficient (Wildman–Crippen LogP) is 5.91. The van der Waals surface area contributed by atoms with E-state index in [9.17, 15) is 9.18 Å². The Hall–Kier alpha value is -2.76. The average molecular weight is 563 g/mol. The molecular weight excluding hydrogens is 519 g/mol. The first-order valence-electron chi connectivity index (χ1n) is 13.5. The molecule has 1 aromatic carbocycles. The van der Waals surface area contributed by atoms with Gasteiger partial charge in [0.25, 0.3) is 0 Å². The van der Waals surface area contributed by atoms with E-state index in [2.05, 4.69) is 25.0 Å². The van der Waals surface area contributed by atoms with Crippen LogP contribution in [0.1, 0.15) is 45.4 Å². The molecule has 0 radical (unpaired) electrons. The number of hydrogen-bond donors (Lipinski definition) is 1. The van der Waals surface area contributed by atoms with Crippen molar-refractivity contribution in [3.63, 3.8) is 0 Å². The second-order valence-electron chi connectivity index (χ2n) is 12.0. The molecule has 1 aliphatic heterocycles. The van der Waals surface area contributed by atoms with Gasteiger partial charge in [-0.25, -0.2) is 18.9 Å². The molecule has 1 aliphatic rings. The van der Waals surface area contributed by atoms with Crippen LogP contribution in [0.2, 0.25) is 25.7 Å². The van der Waals surface area contributed by atoms with Gasteiger partial charge in [0.15, 0.2) is 11.6 Å². The highest BCUT2D eigenvalue weighted by molar-refractivity contribution is 6.76. The normalized spacial score (nSPS) is 15.3. The number of aromatic nitrogens is 3. The summed E-state index contributed by atoms with van der Waals surface area (Å²) in [6.07, 6.45) is 1.63. The number of halogens is 1. The number of rotatable bonds is 12. The molecule has 3 rings (SSSR count). The van der Waals surface area contributed by atoms with E-state index in [4.69, 9.17) is 29.0 Å². The van der Waals surface area contributed by atoms with Crippen LogP contribution in [0.25, 0.3) is 11.4 Å². The minimum atomic E-state index is -1.19. The fraction of sp³-hybridized carbons (Fsp3) is 0.607. The lowest BCUT2D eigenvalue weighted by Crippen LogP contribution is -2.34. The maximum Gasteiger partial charge on any atom is 0.407 e. The molecule has 0 aliphatic carbocycles. The first-order valence-corrected chi connectivity index (χ1v) is 17.2. The van der Waals surface area contributed by atoms with E-state index in [1.165, 1.54) is 0 Å². The predicted molar refractivity (Wildman–Crippen MR) is 151 cm³/mol. The van der Waals surface area contributed by atoms with Gasteiger partial charge in [-0.2, -0.15) is 5.10 Å². The summed E-state index contributed by atoms with van der Waals surface area (Å²) >= 11 is 0. The van der Waals surface area contributed by atoms with Gasteiger partial charge in [-0.05, 0) is 63.9 Å². The zero-order chi connectivity index (χ0) is 28.5. The lowest BCUT2D eigenvalue weighted by molar-refractivity contribution is 0.0531. The van der Waals surface area contributed by atoms with Crippen molar-refractivity contribution in [3.8, 4) is 17.1 Å². The lowest BCUT2D eigenvalue weighted by Gasteiger charge is -2.20. The van der Waals surface area contributed by atoms with Crippen molar-refractivity contribution in [2.45, 2.75) is 77.5 Å². The van der Waals surface area contributed by atoms with Crippen molar-refractivity contribution in [1.29, 1.82) is 0 Å². The van der Waals surface area contributed by atoms with Crippen LogP contribution in [0, 0.1) is 0 Å². The quantitative estimate of drug-likeness (QED) is 0.254. The van der Waals surface area contributed by atoms with Gasteiger partial charge in [0.05, 0.1) is 6.33 Å². The Balaban J connectivity index is 1.63. The summed E-state index contributed by atoms with van der Waals surface area (Å²) in [5.41, 5.74) is 0.536. The van der Waals surface area contributed by atoms with E-state index >= 15 is 0 Å². The third-order valence-electron chi connectivity index (χ3n) is 6.03. The molecule has 1 fully saturated rings. The topological polar surface area (TPSA) is 96.7 Å². The van der Waals surface area contributed by atoms with Crippen molar-refractivity contribution in [2.24, 2.45) is 0 Å².